The van der Waals surface area contributed by atoms with Crippen LogP contribution in [0.5, 0.6) is 0 Å². The van der Waals surface area contributed by atoms with Crippen molar-refractivity contribution in [3.63, 3.8) is 0 Å². The summed E-state index contributed by atoms with van der Waals surface area (Å²) >= 11 is 0. The molecule has 0 rings (SSSR count). The van der Waals surface area contributed by atoms with E-state index < -0.39 is 25.3 Å². The predicted molar refractivity (Wildman–Crippen MR) is 65.9 cm³/mol. The Balaban J connectivity index is 5.04. The van der Waals surface area contributed by atoms with Gasteiger partial charge >= 0.3 is 0 Å². The maximum atomic E-state index is 12.7. The fraction of sp³-hybridized carbons (Fsp3) is 1.00. The first-order valence-electron chi connectivity index (χ1n) is 5.84. The van der Waals surface area contributed by atoms with Crippen molar-refractivity contribution in [2.45, 2.75) is 45.6 Å². The highest BCUT2D eigenvalue weighted by molar-refractivity contribution is 7.60. The first-order chi connectivity index (χ1) is 7.93. The fourth-order valence-corrected chi connectivity index (χ4v) is 3.62. The number of aliphatic hydroxyl groups excluding tert-OH is 1. The van der Waals surface area contributed by atoms with Crippen molar-refractivity contribution in [1.82, 2.24) is 0 Å². The van der Waals surface area contributed by atoms with Gasteiger partial charge in [0.25, 0.3) is 7.37 Å². The highest BCUT2D eigenvalue weighted by Gasteiger charge is 2.43. The van der Waals surface area contributed by atoms with Crippen molar-refractivity contribution in [1.29, 1.82) is 0 Å². The van der Waals surface area contributed by atoms with Crippen LogP contribution in [0.1, 0.15) is 27.7 Å². The summed E-state index contributed by atoms with van der Waals surface area (Å²) in [6, 6.07) is -1.03. The molecule has 0 bridgehead atoms. The number of aliphatic hydroxyl groups is 1. The lowest BCUT2D eigenvalue weighted by Gasteiger charge is -2.31. The molecule has 0 aliphatic carbocycles. The van der Waals surface area contributed by atoms with E-state index in [1.165, 1.54) is 6.92 Å². The number of ether oxygens (including phenoxy) is 2. The van der Waals surface area contributed by atoms with Crippen LogP contribution in [-0.2, 0) is 18.6 Å². The Hall–Kier alpha value is 0.0300. The van der Waals surface area contributed by atoms with Gasteiger partial charge in [-0.25, -0.2) is 0 Å². The highest BCUT2D eigenvalue weighted by atomic mass is 31.2. The minimum Gasteiger partial charge on any atom is -0.391 e. The topological polar surface area (TPSA) is 91.0 Å². The van der Waals surface area contributed by atoms with Crippen molar-refractivity contribution >= 4 is 7.37 Å². The lowest BCUT2D eigenvalue weighted by atomic mass is 10.4. The quantitative estimate of drug-likeness (QED) is 0.484. The first-order valence-corrected chi connectivity index (χ1v) is 7.61. The summed E-state index contributed by atoms with van der Waals surface area (Å²) in [4.78, 5) is 0. The zero-order valence-corrected chi connectivity index (χ0v) is 11.9. The SMILES string of the molecule is CCOC(OCC)P(=O)(OCC)[C@@H](N)[C@@H](C)O. The van der Waals surface area contributed by atoms with Gasteiger partial charge in [-0.1, -0.05) is 0 Å². The Kier molecular flexibility index (Phi) is 8.20. The summed E-state index contributed by atoms with van der Waals surface area (Å²) in [7, 11) is -3.43. The summed E-state index contributed by atoms with van der Waals surface area (Å²) in [6.45, 7) is 7.56. The van der Waals surface area contributed by atoms with Crippen LogP contribution in [-0.4, -0.2) is 42.8 Å². The molecule has 0 saturated carbocycles. The smallest absolute Gasteiger partial charge is 0.276 e. The van der Waals surface area contributed by atoms with E-state index in [2.05, 4.69) is 0 Å². The molecule has 7 heteroatoms. The van der Waals surface area contributed by atoms with Crippen molar-refractivity contribution in [2.75, 3.05) is 19.8 Å². The highest BCUT2D eigenvalue weighted by Crippen LogP contribution is 2.56. The van der Waals surface area contributed by atoms with Crippen LogP contribution in [0.4, 0.5) is 0 Å². The van der Waals surface area contributed by atoms with Crippen LogP contribution in [0.25, 0.3) is 0 Å². The summed E-state index contributed by atoms with van der Waals surface area (Å²) in [5.74, 6) is -1.02. The molecule has 104 valence electrons. The van der Waals surface area contributed by atoms with E-state index in [9.17, 15) is 9.67 Å². The molecule has 0 fully saturated rings. The molecule has 0 spiro atoms. The first kappa shape index (κ1) is 17.0. The third-order valence-corrected chi connectivity index (χ3v) is 4.96. The lowest BCUT2D eigenvalue weighted by molar-refractivity contribution is -0.0905. The second-order valence-electron chi connectivity index (χ2n) is 3.51. The maximum Gasteiger partial charge on any atom is 0.276 e. The van der Waals surface area contributed by atoms with Crippen LogP contribution in [0, 0.1) is 0 Å². The number of hydrogen-bond donors (Lipinski definition) is 2. The van der Waals surface area contributed by atoms with Gasteiger partial charge in [0.05, 0.1) is 12.7 Å². The second-order valence-corrected chi connectivity index (χ2v) is 6.08. The van der Waals surface area contributed by atoms with Crippen molar-refractivity contribution < 1.29 is 23.7 Å². The van der Waals surface area contributed by atoms with Gasteiger partial charge in [-0.3, -0.25) is 4.57 Å². The molecule has 0 amide bonds. The maximum absolute atomic E-state index is 12.7. The predicted octanol–water partition coefficient (Wildman–Crippen LogP) is 1.32. The Morgan fingerprint density at radius 1 is 1.18 bits per heavy atom. The molecule has 6 nitrogen and oxygen atoms in total. The summed E-state index contributed by atoms with van der Waals surface area (Å²) < 4.78 is 28.5. The van der Waals surface area contributed by atoms with Crippen LogP contribution in [0.2, 0.25) is 0 Å². The number of hydrogen-bond acceptors (Lipinski definition) is 6. The summed E-state index contributed by atoms with van der Waals surface area (Å²) in [6.07, 6.45) is -0.962. The Labute approximate surface area is 103 Å². The largest absolute Gasteiger partial charge is 0.391 e. The monoisotopic (exact) mass is 269 g/mol. The van der Waals surface area contributed by atoms with Crippen LogP contribution in [0.3, 0.4) is 0 Å². The van der Waals surface area contributed by atoms with Gasteiger partial charge in [0.1, 0.15) is 5.78 Å². The van der Waals surface area contributed by atoms with Gasteiger partial charge in [-0.15, -0.1) is 0 Å². The standard InChI is InChI=1S/C10H24NO5P/c1-5-14-10(15-6-2)17(13,16-7-3)9(11)8(4)12/h8-10,12H,5-7,11H2,1-4H3/t8-,9-,17?/m1/s1. The van der Waals surface area contributed by atoms with E-state index in [-0.39, 0.29) is 6.61 Å². The molecule has 0 aromatic carbocycles. The van der Waals surface area contributed by atoms with Gasteiger partial charge in [0.15, 0.2) is 0 Å². The molecule has 0 aliphatic rings. The van der Waals surface area contributed by atoms with Crippen LogP contribution in [0.15, 0.2) is 0 Å². The minimum absolute atomic E-state index is 0.217. The van der Waals surface area contributed by atoms with Crippen molar-refractivity contribution in [3.05, 3.63) is 0 Å². The van der Waals surface area contributed by atoms with Crippen LogP contribution >= 0.6 is 7.37 Å². The molecule has 0 aliphatic heterocycles. The van der Waals surface area contributed by atoms with E-state index in [4.69, 9.17) is 19.7 Å². The molecule has 0 aromatic rings. The molecule has 0 radical (unpaired) electrons. The summed E-state index contributed by atoms with van der Waals surface area (Å²) in [5.41, 5.74) is 5.74. The van der Waals surface area contributed by atoms with E-state index in [1.54, 1.807) is 20.8 Å². The van der Waals surface area contributed by atoms with Crippen molar-refractivity contribution in [2.24, 2.45) is 5.73 Å². The van der Waals surface area contributed by atoms with Crippen molar-refractivity contribution in [3.8, 4) is 0 Å². The van der Waals surface area contributed by atoms with Gasteiger partial charge in [-0.2, -0.15) is 0 Å². The molecular formula is C10H24NO5P. The lowest BCUT2D eigenvalue weighted by Crippen LogP contribution is -2.38. The Morgan fingerprint density at radius 3 is 1.94 bits per heavy atom. The number of nitrogens with two attached hydrogens (primary N) is 1. The Morgan fingerprint density at radius 2 is 1.65 bits per heavy atom. The second kappa shape index (κ2) is 8.19. The normalized spacial score (nSPS) is 19.0. The van der Waals surface area contributed by atoms with Gasteiger partial charge in [0, 0.05) is 13.2 Å². The average molecular weight is 269 g/mol. The van der Waals surface area contributed by atoms with E-state index in [0.29, 0.717) is 13.2 Å². The third kappa shape index (κ3) is 4.66. The van der Waals surface area contributed by atoms with E-state index in [0.717, 1.165) is 0 Å². The average Bonchev–Trinajstić information content (AvgIpc) is 2.27. The third-order valence-electron chi connectivity index (χ3n) is 2.15. The molecular weight excluding hydrogens is 245 g/mol. The Bertz CT molecular complexity index is 243. The molecule has 0 aromatic heterocycles. The fourth-order valence-electron chi connectivity index (χ4n) is 1.33. The molecule has 1 unspecified atom stereocenters. The molecule has 3 atom stereocenters. The number of rotatable bonds is 9. The molecule has 3 N–H and O–H groups in total. The molecule has 0 saturated heterocycles. The zero-order valence-electron chi connectivity index (χ0n) is 11.0. The van der Waals surface area contributed by atoms with Gasteiger partial charge in [0.2, 0.25) is 6.03 Å². The zero-order chi connectivity index (χ0) is 13.5. The van der Waals surface area contributed by atoms with Crippen LogP contribution < -0.4 is 5.73 Å². The van der Waals surface area contributed by atoms with Gasteiger partial charge in [-0.05, 0) is 27.7 Å². The summed E-state index contributed by atoms with van der Waals surface area (Å²) in [5, 5.41) is 9.48. The molecule has 0 heterocycles. The van der Waals surface area contributed by atoms with E-state index in [1.807, 2.05) is 0 Å². The van der Waals surface area contributed by atoms with Gasteiger partial charge < -0.3 is 24.8 Å². The molecule has 17 heavy (non-hydrogen) atoms. The van der Waals surface area contributed by atoms with E-state index >= 15 is 0 Å². The minimum atomic E-state index is -3.43.